The largest absolute Gasteiger partial charge is 0.298 e. The molecular formula is C33H66N4. The van der Waals surface area contributed by atoms with Crippen LogP contribution < -0.4 is 0 Å². The minimum atomic E-state index is 0.665. The zero-order valence-corrected chi connectivity index (χ0v) is 27.2. The molecule has 0 radical (unpaired) electrons. The summed E-state index contributed by atoms with van der Waals surface area (Å²) in [6.45, 7) is 33.3. The Morgan fingerprint density at radius 1 is 0.378 bits per heavy atom. The molecule has 0 amide bonds. The lowest BCUT2D eigenvalue weighted by molar-refractivity contribution is 0.297. The number of rotatable bonds is 21. The molecule has 0 spiro atoms. The predicted molar refractivity (Wildman–Crippen MR) is 170 cm³/mol. The first-order valence-corrected chi connectivity index (χ1v) is 15.6. The average molecular weight is 519 g/mol. The minimum absolute atomic E-state index is 0.665. The van der Waals surface area contributed by atoms with Gasteiger partial charge in [0.1, 0.15) is 0 Å². The van der Waals surface area contributed by atoms with E-state index >= 15 is 0 Å². The maximum Gasteiger partial charge on any atom is 0.0516 e. The zero-order valence-electron chi connectivity index (χ0n) is 27.2. The molecule has 0 aliphatic heterocycles. The monoisotopic (exact) mass is 519 g/mol. The van der Waals surface area contributed by atoms with Crippen LogP contribution in [0.1, 0.15) is 122 Å². The number of hydrogen-bond acceptors (Lipinski definition) is 4. The lowest BCUT2D eigenvalue weighted by Crippen LogP contribution is -2.32. The highest BCUT2D eigenvalue weighted by Crippen LogP contribution is 2.13. The molecule has 0 saturated carbocycles. The summed E-state index contributed by atoms with van der Waals surface area (Å²) in [5.74, 6) is 3.99. The van der Waals surface area contributed by atoms with Crippen molar-refractivity contribution in [1.29, 1.82) is 0 Å². The average Bonchev–Trinajstić information content (AvgIpc) is 2.70. The second-order valence-corrected chi connectivity index (χ2v) is 13.8. The zero-order chi connectivity index (χ0) is 28.4. The van der Waals surface area contributed by atoms with Crippen LogP contribution in [0.15, 0.2) is 15.0 Å². The molecule has 0 fully saturated rings. The third-order valence-corrected chi connectivity index (χ3v) is 6.12. The highest BCUT2D eigenvalue weighted by molar-refractivity contribution is 5.85. The van der Waals surface area contributed by atoms with Gasteiger partial charge in [0, 0.05) is 36.8 Å². The predicted octanol–water partition coefficient (Wildman–Crippen LogP) is 8.89. The van der Waals surface area contributed by atoms with E-state index in [-0.39, 0.29) is 0 Å². The van der Waals surface area contributed by atoms with Crippen LogP contribution in [0.3, 0.4) is 0 Å². The van der Waals surface area contributed by atoms with Gasteiger partial charge in [-0.25, -0.2) is 0 Å². The van der Waals surface area contributed by atoms with Crippen LogP contribution in [0.2, 0.25) is 0 Å². The molecule has 4 nitrogen and oxygen atoms in total. The molecule has 0 aliphatic carbocycles. The topological polar surface area (TPSA) is 40.3 Å². The molecule has 218 valence electrons. The Morgan fingerprint density at radius 3 is 0.730 bits per heavy atom. The molecule has 0 rings (SSSR count). The smallest absolute Gasteiger partial charge is 0.0516 e. The Bertz CT molecular complexity index is 527. The van der Waals surface area contributed by atoms with E-state index in [4.69, 9.17) is 15.0 Å². The molecule has 0 aromatic carbocycles. The summed E-state index contributed by atoms with van der Waals surface area (Å²) in [5.41, 5.74) is 4.19. The van der Waals surface area contributed by atoms with Gasteiger partial charge in [-0.1, -0.05) is 83.1 Å². The summed E-state index contributed by atoms with van der Waals surface area (Å²) in [7, 11) is 0. The van der Waals surface area contributed by atoms with E-state index in [9.17, 15) is 0 Å². The molecule has 0 aromatic heterocycles. The van der Waals surface area contributed by atoms with Gasteiger partial charge in [0.2, 0.25) is 0 Å². The van der Waals surface area contributed by atoms with Gasteiger partial charge in [-0.3, -0.25) is 19.9 Å². The Kier molecular flexibility index (Phi) is 20.3. The van der Waals surface area contributed by atoms with E-state index in [1.165, 1.54) is 17.1 Å². The van der Waals surface area contributed by atoms with Crippen molar-refractivity contribution in [1.82, 2.24) is 4.90 Å². The van der Waals surface area contributed by atoms with Crippen molar-refractivity contribution in [2.24, 2.45) is 50.5 Å². The second-order valence-electron chi connectivity index (χ2n) is 13.8. The van der Waals surface area contributed by atoms with Gasteiger partial charge in [-0.15, -0.1) is 0 Å². The summed E-state index contributed by atoms with van der Waals surface area (Å²) in [6, 6.07) is 0. The van der Waals surface area contributed by atoms with Crippen LogP contribution in [0, 0.1) is 35.5 Å². The van der Waals surface area contributed by atoms with Gasteiger partial charge < -0.3 is 0 Å². The normalized spacial score (nSPS) is 12.1. The lowest BCUT2D eigenvalue weighted by Gasteiger charge is -2.21. The van der Waals surface area contributed by atoms with Crippen molar-refractivity contribution in [3.05, 3.63) is 0 Å². The summed E-state index contributed by atoms with van der Waals surface area (Å²) in [6.07, 6.45) is 6.72. The van der Waals surface area contributed by atoms with Gasteiger partial charge >= 0.3 is 0 Å². The fraction of sp³-hybridized carbons (Fsp3) is 0.909. The molecule has 0 heterocycles. The van der Waals surface area contributed by atoms with Crippen LogP contribution in [0.5, 0.6) is 0 Å². The third kappa shape index (κ3) is 22.6. The van der Waals surface area contributed by atoms with E-state index in [0.29, 0.717) is 35.5 Å². The maximum atomic E-state index is 5.09. The van der Waals surface area contributed by atoms with E-state index < -0.39 is 0 Å². The lowest BCUT2D eigenvalue weighted by atomic mass is 9.98. The van der Waals surface area contributed by atoms with Crippen molar-refractivity contribution < 1.29 is 0 Å². The summed E-state index contributed by atoms with van der Waals surface area (Å²) in [5, 5.41) is 0. The highest BCUT2D eigenvalue weighted by Gasteiger charge is 2.11. The van der Waals surface area contributed by atoms with Crippen LogP contribution in [-0.2, 0) is 0 Å². The highest BCUT2D eigenvalue weighted by atomic mass is 15.1. The first kappa shape index (κ1) is 36.0. The van der Waals surface area contributed by atoms with E-state index in [1.807, 2.05) is 0 Å². The Balaban J connectivity index is 5.42. The van der Waals surface area contributed by atoms with E-state index in [1.54, 1.807) is 0 Å². The van der Waals surface area contributed by atoms with Crippen molar-refractivity contribution in [3.8, 4) is 0 Å². The Morgan fingerprint density at radius 2 is 0.568 bits per heavy atom. The van der Waals surface area contributed by atoms with Crippen LogP contribution in [0.25, 0.3) is 0 Å². The summed E-state index contributed by atoms with van der Waals surface area (Å²) in [4.78, 5) is 17.8. The number of nitrogens with zero attached hydrogens (tertiary/aromatic N) is 4. The van der Waals surface area contributed by atoms with Crippen molar-refractivity contribution in [2.75, 3.05) is 39.3 Å². The van der Waals surface area contributed by atoms with E-state index in [0.717, 1.165) is 77.8 Å². The fourth-order valence-electron chi connectivity index (χ4n) is 4.85. The summed E-state index contributed by atoms with van der Waals surface area (Å²) < 4.78 is 0. The minimum Gasteiger partial charge on any atom is -0.298 e. The van der Waals surface area contributed by atoms with Gasteiger partial charge in [0.05, 0.1) is 19.6 Å². The van der Waals surface area contributed by atoms with Crippen molar-refractivity contribution in [2.45, 2.75) is 122 Å². The second kappa shape index (κ2) is 20.9. The first-order chi connectivity index (χ1) is 17.3. The molecule has 0 aromatic rings. The molecule has 0 unspecified atom stereocenters. The molecule has 37 heavy (non-hydrogen) atoms. The van der Waals surface area contributed by atoms with Gasteiger partial charge in [0.15, 0.2) is 0 Å². The first-order valence-electron chi connectivity index (χ1n) is 15.6. The number of hydrogen-bond donors (Lipinski definition) is 0. The molecule has 0 saturated heterocycles. The van der Waals surface area contributed by atoms with Crippen molar-refractivity contribution in [3.63, 3.8) is 0 Å². The molecule has 0 N–H and O–H groups in total. The van der Waals surface area contributed by atoms with Crippen LogP contribution >= 0.6 is 0 Å². The fourth-order valence-corrected chi connectivity index (χ4v) is 4.85. The Labute approximate surface area is 233 Å². The molecule has 0 aliphatic rings. The van der Waals surface area contributed by atoms with Crippen LogP contribution in [-0.4, -0.2) is 61.3 Å². The van der Waals surface area contributed by atoms with Gasteiger partial charge in [-0.05, 0) is 74.0 Å². The quantitative estimate of drug-likeness (QED) is 0.140. The summed E-state index contributed by atoms with van der Waals surface area (Å²) >= 11 is 0. The molecule has 4 heteroatoms. The maximum absolute atomic E-state index is 5.09. The van der Waals surface area contributed by atoms with Gasteiger partial charge in [-0.2, -0.15) is 0 Å². The molecule has 0 atom stereocenters. The van der Waals surface area contributed by atoms with E-state index in [2.05, 4.69) is 88.0 Å². The molecular weight excluding hydrogens is 452 g/mol. The third-order valence-electron chi connectivity index (χ3n) is 6.12. The van der Waals surface area contributed by atoms with Crippen molar-refractivity contribution >= 4 is 17.1 Å². The SMILES string of the molecule is CC(C)CC(CC(C)C)=NCCN(CCN=C(CC(C)C)CC(C)C)CCN=C(CC(C)C)CC(C)C. The standard InChI is InChI=1S/C33H66N4/c1-25(2)19-31(20-26(3)4)34-13-16-37(17-14-35-32(21-27(5)6)22-28(7)8)18-15-36-33(23-29(9)10)24-30(11)12/h25-30H,13-24H2,1-12H3. The number of aliphatic imine (C=N–C) groups is 3. The molecule has 0 bridgehead atoms. The van der Waals surface area contributed by atoms with Crippen LogP contribution in [0.4, 0.5) is 0 Å². The Hall–Kier alpha value is -1.03. The van der Waals surface area contributed by atoms with Gasteiger partial charge in [0.25, 0.3) is 0 Å².